The van der Waals surface area contributed by atoms with Crippen molar-refractivity contribution in [3.8, 4) is 0 Å². The topological polar surface area (TPSA) is 84.1 Å². The van der Waals surface area contributed by atoms with Crippen LogP contribution in [0.15, 0.2) is 29.6 Å². The fourth-order valence-electron chi connectivity index (χ4n) is 2.02. The Labute approximate surface area is 140 Å². The summed E-state index contributed by atoms with van der Waals surface area (Å²) < 4.78 is 4.86. The van der Waals surface area contributed by atoms with Crippen LogP contribution in [0, 0.1) is 0 Å². The number of H-pyrrole nitrogens is 1. The lowest BCUT2D eigenvalue weighted by Gasteiger charge is -1.99. The monoisotopic (exact) mass is 349 g/mol. The number of halogens is 1. The normalized spacial score (nSPS) is 10.7. The number of anilines is 1. The summed E-state index contributed by atoms with van der Waals surface area (Å²) in [5, 5.41) is 5.96. The zero-order chi connectivity index (χ0) is 16.4. The molecule has 0 bridgehead atoms. The van der Waals surface area contributed by atoms with Crippen molar-refractivity contribution in [3.05, 3.63) is 46.1 Å². The van der Waals surface area contributed by atoms with Gasteiger partial charge in [-0.15, -0.1) is 11.3 Å². The van der Waals surface area contributed by atoms with E-state index in [1.165, 1.54) is 0 Å². The maximum atomic E-state index is 12.2. The Bertz CT molecular complexity index is 887. The van der Waals surface area contributed by atoms with E-state index in [1.54, 1.807) is 36.6 Å². The molecule has 0 radical (unpaired) electrons. The number of carbonyl (C=O) groups excluding carboxylic acids is 2. The average molecular weight is 350 g/mol. The highest BCUT2D eigenvalue weighted by atomic mass is 35.5. The summed E-state index contributed by atoms with van der Waals surface area (Å²) in [6.45, 7) is 1.99. The van der Waals surface area contributed by atoms with E-state index in [1.807, 2.05) is 0 Å². The van der Waals surface area contributed by atoms with Crippen molar-refractivity contribution in [1.29, 1.82) is 0 Å². The zero-order valence-electron chi connectivity index (χ0n) is 12.1. The number of thiazole rings is 1. The Balaban J connectivity index is 1.76. The number of rotatable bonds is 4. The van der Waals surface area contributed by atoms with Crippen molar-refractivity contribution < 1.29 is 14.3 Å². The second-order valence-electron chi connectivity index (χ2n) is 4.63. The number of carbonyl (C=O) groups is 2. The number of aromatic amines is 1. The van der Waals surface area contributed by atoms with Crippen LogP contribution in [0.2, 0.25) is 5.02 Å². The van der Waals surface area contributed by atoms with E-state index in [0.29, 0.717) is 15.8 Å². The molecule has 0 fully saturated rings. The molecule has 0 aliphatic carbocycles. The van der Waals surface area contributed by atoms with E-state index in [0.717, 1.165) is 22.2 Å². The third-order valence-corrected chi connectivity index (χ3v) is 4.03. The molecule has 0 aliphatic heterocycles. The van der Waals surface area contributed by atoms with Gasteiger partial charge in [0.05, 0.1) is 6.61 Å². The van der Waals surface area contributed by atoms with Crippen LogP contribution in [-0.4, -0.2) is 28.5 Å². The molecule has 23 heavy (non-hydrogen) atoms. The van der Waals surface area contributed by atoms with Gasteiger partial charge in [-0.2, -0.15) is 0 Å². The molecular formula is C15H12ClN3O3S. The predicted octanol–water partition coefficient (Wildman–Crippen LogP) is 3.71. The number of hydrogen-bond donors (Lipinski definition) is 2. The number of benzene rings is 1. The fraction of sp³-hybridized carbons (Fsp3) is 0.133. The summed E-state index contributed by atoms with van der Waals surface area (Å²) in [5.74, 6) is -0.855. The first-order valence-corrected chi connectivity index (χ1v) is 8.05. The zero-order valence-corrected chi connectivity index (χ0v) is 13.6. The van der Waals surface area contributed by atoms with Crippen LogP contribution in [-0.2, 0) is 4.74 Å². The van der Waals surface area contributed by atoms with Crippen molar-refractivity contribution in [3.63, 3.8) is 0 Å². The number of fused-ring (bicyclic) bond motifs is 1. The molecule has 6 nitrogen and oxygen atoms in total. The molecule has 2 heterocycles. The van der Waals surface area contributed by atoms with Gasteiger partial charge in [0.25, 0.3) is 5.91 Å². The summed E-state index contributed by atoms with van der Waals surface area (Å²) in [6.07, 6.45) is 0. The van der Waals surface area contributed by atoms with Gasteiger partial charge in [0.2, 0.25) is 0 Å². The summed E-state index contributed by atoms with van der Waals surface area (Å²) in [7, 11) is 0. The standard InChI is InChI=1S/C15H12ClN3O3S/c1-2-22-14(21)12-7-23-15(18-12)19-13(20)11-6-8-5-9(16)3-4-10(8)17-11/h3-7,17H,2H2,1H3,(H,18,19,20). The highest BCUT2D eigenvalue weighted by Crippen LogP contribution is 2.22. The molecule has 1 aromatic carbocycles. The highest BCUT2D eigenvalue weighted by Gasteiger charge is 2.15. The third kappa shape index (κ3) is 3.35. The second kappa shape index (κ2) is 6.39. The van der Waals surface area contributed by atoms with Crippen LogP contribution in [0.4, 0.5) is 5.13 Å². The molecule has 0 saturated carbocycles. The Kier molecular flexibility index (Phi) is 4.31. The Morgan fingerprint density at radius 2 is 2.22 bits per heavy atom. The number of aromatic nitrogens is 2. The molecule has 0 atom stereocenters. The molecule has 2 aromatic heterocycles. The summed E-state index contributed by atoms with van der Waals surface area (Å²) >= 11 is 7.09. The largest absolute Gasteiger partial charge is 0.461 e. The first-order valence-electron chi connectivity index (χ1n) is 6.79. The minimum absolute atomic E-state index is 0.176. The summed E-state index contributed by atoms with van der Waals surface area (Å²) in [4.78, 5) is 30.8. The lowest BCUT2D eigenvalue weighted by Crippen LogP contribution is -2.12. The van der Waals surface area contributed by atoms with E-state index in [4.69, 9.17) is 16.3 Å². The summed E-state index contributed by atoms with van der Waals surface area (Å²) in [5.41, 5.74) is 1.37. The number of hydrogen-bond acceptors (Lipinski definition) is 5. The van der Waals surface area contributed by atoms with Crippen molar-refractivity contribution in [2.24, 2.45) is 0 Å². The van der Waals surface area contributed by atoms with E-state index >= 15 is 0 Å². The SMILES string of the molecule is CCOC(=O)c1csc(NC(=O)c2cc3cc(Cl)ccc3[nH]2)n1. The van der Waals surface area contributed by atoms with Crippen molar-refractivity contribution in [1.82, 2.24) is 9.97 Å². The van der Waals surface area contributed by atoms with E-state index < -0.39 is 5.97 Å². The van der Waals surface area contributed by atoms with Crippen molar-refractivity contribution in [2.75, 3.05) is 11.9 Å². The van der Waals surface area contributed by atoms with Gasteiger partial charge in [-0.1, -0.05) is 11.6 Å². The maximum absolute atomic E-state index is 12.2. The predicted molar refractivity (Wildman–Crippen MR) is 89.3 cm³/mol. The maximum Gasteiger partial charge on any atom is 0.357 e. The molecule has 1 amide bonds. The van der Waals surface area contributed by atoms with Crippen LogP contribution >= 0.6 is 22.9 Å². The smallest absolute Gasteiger partial charge is 0.357 e. The molecule has 3 rings (SSSR count). The van der Waals surface area contributed by atoms with Gasteiger partial charge in [-0.05, 0) is 31.2 Å². The van der Waals surface area contributed by atoms with Gasteiger partial charge in [-0.25, -0.2) is 9.78 Å². The van der Waals surface area contributed by atoms with Crippen molar-refractivity contribution in [2.45, 2.75) is 6.92 Å². The minimum atomic E-state index is -0.510. The molecule has 2 N–H and O–H groups in total. The molecule has 0 aliphatic rings. The van der Waals surface area contributed by atoms with Gasteiger partial charge in [0.15, 0.2) is 10.8 Å². The highest BCUT2D eigenvalue weighted by molar-refractivity contribution is 7.14. The van der Waals surface area contributed by atoms with E-state index in [-0.39, 0.29) is 18.2 Å². The van der Waals surface area contributed by atoms with Gasteiger partial charge >= 0.3 is 5.97 Å². The third-order valence-electron chi connectivity index (χ3n) is 3.04. The van der Waals surface area contributed by atoms with Crippen molar-refractivity contribution >= 4 is 50.8 Å². The molecule has 8 heteroatoms. The van der Waals surface area contributed by atoms with Gasteiger partial charge in [-0.3, -0.25) is 10.1 Å². The lowest BCUT2D eigenvalue weighted by atomic mass is 10.2. The molecule has 3 aromatic rings. The molecule has 0 saturated heterocycles. The summed E-state index contributed by atoms with van der Waals surface area (Å²) in [6, 6.07) is 7.02. The number of nitrogens with one attached hydrogen (secondary N) is 2. The molecule has 0 unspecified atom stereocenters. The van der Waals surface area contributed by atoms with Gasteiger partial charge in [0, 0.05) is 21.3 Å². The fourth-order valence-corrected chi connectivity index (χ4v) is 2.88. The van der Waals surface area contributed by atoms with Crippen LogP contribution in [0.5, 0.6) is 0 Å². The number of esters is 1. The molecule has 0 spiro atoms. The quantitative estimate of drug-likeness (QED) is 0.703. The Hall–Kier alpha value is -2.38. The first kappa shape index (κ1) is 15.5. The lowest BCUT2D eigenvalue weighted by molar-refractivity contribution is 0.0520. The van der Waals surface area contributed by atoms with E-state index in [9.17, 15) is 9.59 Å². The second-order valence-corrected chi connectivity index (χ2v) is 5.92. The average Bonchev–Trinajstić information content (AvgIpc) is 3.13. The minimum Gasteiger partial charge on any atom is -0.461 e. The van der Waals surface area contributed by atoms with Crippen LogP contribution in [0.25, 0.3) is 10.9 Å². The van der Waals surface area contributed by atoms with Crippen LogP contribution < -0.4 is 5.32 Å². The molecular weight excluding hydrogens is 338 g/mol. The van der Waals surface area contributed by atoms with Gasteiger partial charge < -0.3 is 9.72 Å². The van der Waals surface area contributed by atoms with E-state index in [2.05, 4.69) is 15.3 Å². The number of ether oxygens (including phenoxy) is 1. The van der Waals surface area contributed by atoms with Gasteiger partial charge in [0.1, 0.15) is 5.69 Å². The molecule has 118 valence electrons. The number of amides is 1. The van der Waals surface area contributed by atoms with Crippen LogP contribution in [0.3, 0.4) is 0 Å². The van der Waals surface area contributed by atoms with Crippen LogP contribution in [0.1, 0.15) is 27.9 Å². The Morgan fingerprint density at radius 1 is 1.39 bits per heavy atom. The number of nitrogens with zero attached hydrogens (tertiary/aromatic N) is 1. The Morgan fingerprint density at radius 3 is 3.00 bits per heavy atom. The first-order chi connectivity index (χ1) is 11.1.